The molecule has 2 rings (SSSR count). The van der Waals surface area contributed by atoms with E-state index in [1.807, 2.05) is 22.6 Å². The molecule has 0 fully saturated rings. The van der Waals surface area contributed by atoms with Crippen LogP contribution in [0.4, 0.5) is 0 Å². The second-order valence-corrected chi connectivity index (χ2v) is 4.89. The highest BCUT2D eigenvalue weighted by Crippen LogP contribution is 2.05. The van der Waals surface area contributed by atoms with Crippen LogP contribution in [0.3, 0.4) is 0 Å². The molecule has 0 unspecified atom stereocenters. The van der Waals surface area contributed by atoms with Crippen LogP contribution in [0, 0.1) is 10.5 Å². The second kappa shape index (κ2) is 5.09. The maximum absolute atomic E-state index is 11.9. The molecular formula is C10H8ClIN4O. The molecule has 0 aliphatic heterocycles. The Bertz CT molecular complexity index is 596. The topological polar surface area (TPSA) is 60.7 Å². The first-order chi connectivity index (χ1) is 8.08. The summed E-state index contributed by atoms with van der Waals surface area (Å²) >= 11 is 7.63. The zero-order chi connectivity index (χ0) is 12.4. The molecule has 0 aliphatic carbocycles. The number of aromatic nitrogens is 4. The second-order valence-electron chi connectivity index (χ2n) is 3.42. The molecule has 5 nitrogen and oxygen atoms in total. The van der Waals surface area contributed by atoms with Crippen LogP contribution in [0.25, 0.3) is 0 Å². The fourth-order valence-electron chi connectivity index (χ4n) is 1.26. The van der Waals surface area contributed by atoms with Crippen molar-refractivity contribution in [1.82, 2.24) is 19.7 Å². The molecule has 17 heavy (non-hydrogen) atoms. The minimum Gasteiger partial charge on any atom is -0.292 e. The molecule has 0 aliphatic rings. The molecule has 0 bridgehead atoms. The van der Waals surface area contributed by atoms with Gasteiger partial charge in [-0.3, -0.25) is 9.36 Å². The highest BCUT2D eigenvalue weighted by molar-refractivity contribution is 14.1. The van der Waals surface area contributed by atoms with E-state index in [1.165, 1.54) is 10.9 Å². The minimum absolute atomic E-state index is 0.0742. The van der Waals surface area contributed by atoms with Crippen LogP contribution in [0.5, 0.6) is 0 Å². The highest BCUT2D eigenvalue weighted by atomic mass is 127. The zero-order valence-corrected chi connectivity index (χ0v) is 11.8. The maximum atomic E-state index is 11.9. The average molecular weight is 363 g/mol. The van der Waals surface area contributed by atoms with Gasteiger partial charge in [-0.15, -0.1) is 5.10 Å². The van der Waals surface area contributed by atoms with Crippen LogP contribution in [-0.2, 0) is 6.54 Å². The van der Waals surface area contributed by atoms with Gasteiger partial charge >= 0.3 is 0 Å². The summed E-state index contributed by atoms with van der Waals surface area (Å²) in [7, 11) is 0. The molecule has 0 radical (unpaired) electrons. The normalized spacial score (nSPS) is 10.5. The lowest BCUT2D eigenvalue weighted by Crippen LogP contribution is -2.25. The van der Waals surface area contributed by atoms with E-state index in [2.05, 4.69) is 15.2 Å². The van der Waals surface area contributed by atoms with E-state index < -0.39 is 0 Å². The van der Waals surface area contributed by atoms with Crippen molar-refractivity contribution >= 4 is 34.2 Å². The molecule has 0 spiro atoms. The van der Waals surface area contributed by atoms with Crippen molar-refractivity contribution in [2.45, 2.75) is 13.5 Å². The lowest BCUT2D eigenvalue weighted by Gasteiger charge is -2.05. The lowest BCUT2D eigenvalue weighted by atomic mass is 10.4. The number of aryl methyl sites for hydroxylation is 1. The molecular weight excluding hydrogens is 354 g/mol. The highest BCUT2D eigenvalue weighted by Gasteiger charge is 2.06. The van der Waals surface area contributed by atoms with Crippen LogP contribution in [0.1, 0.15) is 11.4 Å². The van der Waals surface area contributed by atoms with Crippen molar-refractivity contribution in [1.29, 1.82) is 0 Å². The Morgan fingerprint density at radius 1 is 1.41 bits per heavy atom. The van der Waals surface area contributed by atoms with E-state index in [1.54, 1.807) is 19.1 Å². The van der Waals surface area contributed by atoms with Crippen LogP contribution < -0.4 is 5.56 Å². The third-order valence-corrected chi connectivity index (χ3v) is 3.62. The molecule has 2 heterocycles. The number of hydrogen-bond acceptors (Lipinski definition) is 4. The molecule has 0 saturated carbocycles. The first-order valence-electron chi connectivity index (χ1n) is 4.77. The van der Waals surface area contributed by atoms with Gasteiger partial charge in [0.2, 0.25) is 0 Å². The van der Waals surface area contributed by atoms with Crippen molar-refractivity contribution in [2.75, 3.05) is 0 Å². The van der Waals surface area contributed by atoms with Gasteiger partial charge in [-0.25, -0.2) is 4.98 Å². The molecule has 0 atom stereocenters. The van der Waals surface area contributed by atoms with Crippen LogP contribution in [0.15, 0.2) is 23.3 Å². The van der Waals surface area contributed by atoms with Gasteiger partial charge in [0.1, 0.15) is 0 Å². The number of hydrogen-bond donors (Lipinski definition) is 0. The summed E-state index contributed by atoms with van der Waals surface area (Å²) in [5, 5.41) is 7.95. The summed E-state index contributed by atoms with van der Waals surface area (Å²) in [6.07, 6.45) is 1.51. The quantitative estimate of drug-likeness (QED) is 0.762. The SMILES string of the molecule is Cc1ncn(Cc2ccc(Cl)nn2)c(=O)c1I. The number of rotatable bonds is 2. The van der Waals surface area contributed by atoms with Gasteiger partial charge in [0.05, 0.1) is 27.8 Å². The maximum Gasteiger partial charge on any atom is 0.267 e. The van der Waals surface area contributed by atoms with Gasteiger partial charge in [0.25, 0.3) is 5.56 Å². The van der Waals surface area contributed by atoms with E-state index in [9.17, 15) is 4.79 Å². The standard InChI is InChI=1S/C10H8ClIN4O/c1-6-9(12)10(17)16(5-13-6)4-7-2-3-8(11)15-14-7/h2-3,5H,4H2,1H3. The minimum atomic E-state index is -0.0742. The largest absolute Gasteiger partial charge is 0.292 e. The predicted molar refractivity (Wildman–Crippen MR) is 72.1 cm³/mol. The van der Waals surface area contributed by atoms with Gasteiger partial charge in [0, 0.05) is 0 Å². The Kier molecular flexibility index (Phi) is 3.72. The van der Waals surface area contributed by atoms with Gasteiger partial charge in [-0.2, -0.15) is 5.10 Å². The molecule has 2 aromatic heterocycles. The molecule has 88 valence electrons. The lowest BCUT2D eigenvalue weighted by molar-refractivity contribution is 0.696. The summed E-state index contributed by atoms with van der Waals surface area (Å²) in [6, 6.07) is 3.37. The van der Waals surface area contributed by atoms with Crippen molar-refractivity contribution < 1.29 is 0 Å². The summed E-state index contributed by atoms with van der Waals surface area (Å²) in [5.41, 5.74) is 1.32. The van der Waals surface area contributed by atoms with E-state index in [-0.39, 0.29) is 5.56 Å². The Morgan fingerprint density at radius 2 is 2.18 bits per heavy atom. The summed E-state index contributed by atoms with van der Waals surface area (Å²) < 4.78 is 2.11. The van der Waals surface area contributed by atoms with Gasteiger partial charge in [-0.05, 0) is 41.6 Å². The third kappa shape index (κ3) is 2.81. The van der Waals surface area contributed by atoms with Crippen molar-refractivity contribution in [2.24, 2.45) is 0 Å². The van der Waals surface area contributed by atoms with Gasteiger partial charge in [0.15, 0.2) is 5.15 Å². The van der Waals surface area contributed by atoms with Crippen molar-refractivity contribution in [3.63, 3.8) is 0 Å². The van der Waals surface area contributed by atoms with E-state index in [4.69, 9.17) is 11.6 Å². The average Bonchev–Trinajstić information content (AvgIpc) is 2.33. The zero-order valence-electron chi connectivity index (χ0n) is 8.89. The van der Waals surface area contributed by atoms with Crippen LogP contribution in [0.2, 0.25) is 5.15 Å². The summed E-state index contributed by atoms with van der Waals surface area (Å²) in [4.78, 5) is 16.0. The van der Waals surface area contributed by atoms with Crippen molar-refractivity contribution in [3.05, 3.63) is 48.9 Å². The van der Waals surface area contributed by atoms with Gasteiger partial charge in [-0.1, -0.05) is 11.6 Å². The first kappa shape index (κ1) is 12.4. The smallest absolute Gasteiger partial charge is 0.267 e. The Morgan fingerprint density at radius 3 is 2.82 bits per heavy atom. The Labute approximate surface area is 116 Å². The van der Waals surface area contributed by atoms with E-state index >= 15 is 0 Å². The monoisotopic (exact) mass is 362 g/mol. The third-order valence-electron chi connectivity index (χ3n) is 2.18. The Hall–Kier alpha value is -1.02. The van der Waals surface area contributed by atoms with Crippen molar-refractivity contribution in [3.8, 4) is 0 Å². The predicted octanol–water partition coefficient (Wildman–Crippen LogP) is 1.65. The molecule has 7 heteroatoms. The van der Waals surface area contributed by atoms with E-state index in [0.29, 0.717) is 21.0 Å². The van der Waals surface area contributed by atoms with E-state index in [0.717, 1.165) is 5.69 Å². The Balaban J connectivity index is 2.34. The number of halogens is 2. The fraction of sp³-hybridized carbons (Fsp3) is 0.200. The van der Waals surface area contributed by atoms with Gasteiger partial charge < -0.3 is 0 Å². The molecule has 0 N–H and O–H groups in total. The summed E-state index contributed by atoms with van der Waals surface area (Å²) in [5.74, 6) is 0. The molecule has 0 aromatic carbocycles. The first-order valence-corrected chi connectivity index (χ1v) is 6.23. The number of nitrogens with zero attached hydrogens (tertiary/aromatic N) is 4. The fourth-order valence-corrected chi connectivity index (χ4v) is 1.81. The molecule has 2 aromatic rings. The van der Waals surface area contributed by atoms with Crippen LogP contribution >= 0.6 is 34.2 Å². The van der Waals surface area contributed by atoms with Crippen LogP contribution in [-0.4, -0.2) is 19.7 Å². The molecule has 0 amide bonds. The summed E-state index contributed by atoms with van der Waals surface area (Å²) in [6.45, 7) is 2.14. The molecule has 0 saturated heterocycles.